The van der Waals surface area contributed by atoms with Gasteiger partial charge in [0.05, 0.1) is 19.1 Å². The topological polar surface area (TPSA) is 78.9 Å². The third-order valence-electron chi connectivity index (χ3n) is 2.38. The van der Waals surface area contributed by atoms with E-state index in [1.165, 1.54) is 4.90 Å². The minimum absolute atomic E-state index is 0.0733. The lowest BCUT2D eigenvalue weighted by Crippen LogP contribution is -2.39. The van der Waals surface area contributed by atoms with Crippen LogP contribution >= 0.6 is 0 Å². The smallest absolute Gasteiger partial charge is 0.309 e. The molecule has 1 aliphatic heterocycles. The number of ether oxygens (including phenoxy) is 1. The second-order valence-corrected chi connectivity index (χ2v) is 3.50. The largest absolute Gasteiger partial charge is 0.481 e. The molecule has 0 spiro atoms. The molecule has 1 amide bonds. The number of amides is 1. The van der Waals surface area contributed by atoms with Crippen LogP contribution in [-0.2, 0) is 14.3 Å². The van der Waals surface area contributed by atoms with Crippen molar-refractivity contribution >= 4 is 11.9 Å². The van der Waals surface area contributed by atoms with Crippen molar-refractivity contribution in [3.05, 3.63) is 0 Å². The Morgan fingerprint density at radius 1 is 1.73 bits per heavy atom. The number of aliphatic carboxylic acids is 1. The van der Waals surface area contributed by atoms with Crippen LogP contribution in [-0.4, -0.2) is 61.8 Å². The number of carboxylic acids is 1. The van der Waals surface area contributed by atoms with Crippen molar-refractivity contribution in [3.63, 3.8) is 0 Å². The molecule has 0 saturated carbocycles. The summed E-state index contributed by atoms with van der Waals surface area (Å²) in [6.45, 7) is 1.67. The second-order valence-electron chi connectivity index (χ2n) is 3.50. The maximum atomic E-state index is 11.5. The molecule has 0 bridgehead atoms. The number of carbonyl (C=O) groups is 2. The number of hydrogen-bond donors (Lipinski definition) is 2. The Bertz CT molecular complexity index is 244. The van der Waals surface area contributed by atoms with E-state index < -0.39 is 11.9 Å². The molecule has 6 heteroatoms. The van der Waals surface area contributed by atoms with Crippen molar-refractivity contribution in [2.75, 3.05) is 39.9 Å². The molecule has 1 atom stereocenters. The molecule has 0 radical (unpaired) electrons. The number of carbonyl (C=O) groups excluding carboxylic acids is 1. The van der Waals surface area contributed by atoms with Crippen LogP contribution in [0.3, 0.4) is 0 Å². The van der Waals surface area contributed by atoms with Gasteiger partial charge < -0.3 is 20.1 Å². The Balaban J connectivity index is 2.56. The highest BCUT2D eigenvalue weighted by Gasteiger charge is 2.26. The Morgan fingerprint density at radius 2 is 2.47 bits per heavy atom. The first kappa shape index (κ1) is 11.9. The van der Waals surface area contributed by atoms with Crippen molar-refractivity contribution in [2.45, 2.75) is 0 Å². The molecule has 0 aromatic heterocycles. The highest BCUT2D eigenvalue weighted by Crippen LogP contribution is 2.04. The number of methoxy groups -OCH3 is 1. The number of nitrogens with zero attached hydrogens (tertiary/aromatic N) is 1. The Morgan fingerprint density at radius 3 is 3.07 bits per heavy atom. The third-order valence-corrected chi connectivity index (χ3v) is 2.38. The summed E-state index contributed by atoms with van der Waals surface area (Å²) in [4.78, 5) is 23.9. The van der Waals surface area contributed by atoms with Gasteiger partial charge in [-0.25, -0.2) is 0 Å². The minimum atomic E-state index is -0.875. The first-order chi connectivity index (χ1) is 7.15. The molecule has 0 aliphatic carbocycles. The second kappa shape index (κ2) is 5.67. The average Bonchev–Trinajstić information content (AvgIpc) is 2.37. The van der Waals surface area contributed by atoms with Gasteiger partial charge in [0.25, 0.3) is 0 Å². The van der Waals surface area contributed by atoms with Crippen LogP contribution in [0.25, 0.3) is 0 Å². The Hall–Kier alpha value is -1.14. The van der Waals surface area contributed by atoms with E-state index in [4.69, 9.17) is 9.84 Å². The van der Waals surface area contributed by atoms with E-state index in [0.29, 0.717) is 19.7 Å². The van der Waals surface area contributed by atoms with Gasteiger partial charge in [0.1, 0.15) is 0 Å². The van der Waals surface area contributed by atoms with Gasteiger partial charge in [-0.1, -0.05) is 0 Å². The molecule has 1 heterocycles. The van der Waals surface area contributed by atoms with Crippen molar-refractivity contribution in [1.29, 1.82) is 0 Å². The lowest BCUT2D eigenvalue weighted by molar-refractivity contribution is -0.142. The molecule has 1 saturated heterocycles. The summed E-state index contributed by atoms with van der Waals surface area (Å²) in [5, 5.41) is 11.7. The van der Waals surface area contributed by atoms with Crippen LogP contribution in [0, 0.1) is 5.92 Å². The van der Waals surface area contributed by atoms with Crippen LogP contribution in [0.2, 0.25) is 0 Å². The van der Waals surface area contributed by atoms with Crippen molar-refractivity contribution < 1.29 is 19.4 Å². The van der Waals surface area contributed by atoms with E-state index in [-0.39, 0.29) is 19.0 Å². The fraction of sp³-hybridized carbons (Fsp3) is 0.778. The fourth-order valence-corrected chi connectivity index (χ4v) is 1.48. The molecule has 0 aromatic carbocycles. The molecule has 2 N–H and O–H groups in total. The van der Waals surface area contributed by atoms with Gasteiger partial charge in [-0.3, -0.25) is 9.59 Å². The van der Waals surface area contributed by atoms with Gasteiger partial charge in [-0.2, -0.15) is 0 Å². The van der Waals surface area contributed by atoms with Crippen LogP contribution in [0.15, 0.2) is 0 Å². The van der Waals surface area contributed by atoms with Gasteiger partial charge in [0, 0.05) is 26.7 Å². The fourth-order valence-electron chi connectivity index (χ4n) is 1.48. The minimum Gasteiger partial charge on any atom is -0.481 e. The zero-order chi connectivity index (χ0) is 11.3. The Kier molecular flexibility index (Phi) is 4.51. The van der Waals surface area contributed by atoms with Gasteiger partial charge in [0.15, 0.2) is 0 Å². The normalized spacial score (nSPS) is 22.6. The van der Waals surface area contributed by atoms with E-state index in [0.717, 1.165) is 0 Å². The summed E-state index contributed by atoms with van der Waals surface area (Å²) in [5.41, 5.74) is 0. The molecular formula is C9H16N2O4. The van der Waals surface area contributed by atoms with Crippen LogP contribution in [0.4, 0.5) is 0 Å². The standard InChI is InChI=1S/C9H16N2O4/c1-15-3-2-11-6-7(9(13)14)4-10-5-8(11)12/h7,10H,2-6H2,1H3,(H,13,14). The number of rotatable bonds is 4. The average molecular weight is 216 g/mol. The maximum absolute atomic E-state index is 11.5. The molecule has 0 aromatic rings. The predicted octanol–water partition coefficient (Wildman–Crippen LogP) is -1.23. The zero-order valence-electron chi connectivity index (χ0n) is 8.73. The van der Waals surface area contributed by atoms with Gasteiger partial charge >= 0.3 is 5.97 Å². The number of nitrogens with one attached hydrogen (secondary N) is 1. The van der Waals surface area contributed by atoms with E-state index in [1.807, 2.05) is 0 Å². The highest BCUT2D eigenvalue weighted by atomic mass is 16.5. The van der Waals surface area contributed by atoms with Gasteiger partial charge in [0.2, 0.25) is 5.91 Å². The third kappa shape index (κ3) is 3.49. The SMILES string of the molecule is COCCN1CC(C(=O)O)CNCC1=O. The zero-order valence-corrected chi connectivity index (χ0v) is 8.73. The molecular weight excluding hydrogens is 200 g/mol. The molecule has 1 rings (SSSR count). The molecule has 1 fully saturated rings. The number of hydrogen-bond acceptors (Lipinski definition) is 4. The first-order valence-electron chi connectivity index (χ1n) is 4.85. The molecule has 6 nitrogen and oxygen atoms in total. The molecule has 1 aliphatic rings. The van der Waals surface area contributed by atoms with E-state index in [1.54, 1.807) is 7.11 Å². The molecule has 86 valence electrons. The van der Waals surface area contributed by atoms with Crippen LogP contribution in [0.5, 0.6) is 0 Å². The summed E-state index contributed by atoms with van der Waals surface area (Å²) >= 11 is 0. The van der Waals surface area contributed by atoms with Crippen LogP contribution in [0.1, 0.15) is 0 Å². The highest BCUT2D eigenvalue weighted by molar-refractivity contribution is 5.80. The lowest BCUT2D eigenvalue weighted by atomic mass is 10.1. The van der Waals surface area contributed by atoms with E-state index in [9.17, 15) is 9.59 Å². The molecule has 1 unspecified atom stereocenters. The monoisotopic (exact) mass is 216 g/mol. The lowest BCUT2D eigenvalue weighted by Gasteiger charge is -2.21. The van der Waals surface area contributed by atoms with E-state index in [2.05, 4.69) is 5.32 Å². The van der Waals surface area contributed by atoms with E-state index >= 15 is 0 Å². The number of carboxylic acid groups (broad SMARTS) is 1. The summed E-state index contributed by atoms with van der Waals surface area (Å²) in [7, 11) is 1.55. The first-order valence-corrected chi connectivity index (χ1v) is 4.85. The summed E-state index contributed by atoms with van der Waals surface area (Å²) in [6.07, 6.45) is 0. The summed E-state index contributed by atoms with van der Waals surface area (Å²) < 4.78 is 4.87. The van der Waals surface area contributed by atoms with Gasteiger partial charge in [-0.05, 0) is 0 Å². The van der Waals surface area contributed by atoms with Crippen LogP contribution < -0.4 is 5.32 Å². The van der Waals surface area contributed by atoms with Crippen molar-refractivity contribution in [3.8, 4) is 0 Å². The van der Waals surface area contributed by atoms with Crippen molar-refractivity contribution in [2.24, 2.45) is 5.92 Å². The Labute approximate surface area is 88.2 Å². The molecule has 15 heavy (non-hydrogen) atoms. The predicted molar refractivity (Wildman–Crippen MR) is 52.5 cm³/mol. The maximum Gasteiger partial charge on any atom is 0.309 e. The summed E-state index contributed by atoms with van der Waals surface area (Å²) in [6, 6.07) is 0. The quantitative estimate of drug-likeness (QED) is 0.615. The summed E-state index contributed by atoms with van der Waals surface area (Å²) in [5.74, 6) is -1.48. The van der Waals surface area contributed by atoms with Crippen molar-refractivity contribution in [1.82, 2.24) is 10.2 Å². The van der Waals surface area contributed by atoms with Gasteiger partial charge in [-0.15, -0.1) is 0 Å².